The highest BCUT2D eigenvalue weighted by Crippen LogP contribution is 2.38. The largest absolute Gasteiger partial charge is 0.505 e. The molecule has 1 fully saturated rings. The lowest BCUT2D eigenvalue weighted by Gasteiger charge is -2.36. The molecule has 0 aromatic heterocycles. The second-order valence-electron chi connectivity index (χ2n) is 5.32. The van der Waals surface area contributed by atoms with Crippen LogP contribution in [0.15, 0.2) is 12.1 Å². The molecule has 0 spiro atoms. The Hall–Kier alpha value is -1.26. The molecule has 106 valence electrons. The molecule has 4 N–H and O–H groups in total. The zero-order valence-electron chi connectivity index (χ0n) is 11.9. The molecule has 0 radical (unpaired) electrons. The van der Waals surface area contributed by atoms with Gasteiger partial charge >= 0.3 is 0 Å². The monoisotopic (exact) mass is 263 g/mol. The Morgan fingerprint density at radius 1 is 1.37 bits per heavy atom. The van der Waals surface area contributed by atoms with E-state index in [2.05, 4.69) is 24.1 Å². The van der Waals surface area contributed by atoms with Crippen molar-refractivity contribution in [1.29, 1.82) is 0 Å². The minimum absolute atomic E-state index is 0.274. The van der Waals surface area contributed by atoms with E-state index in [0.717, 1.165) is 50.1 Å². The molecule has 0 aliphatic carbocycles. The summed E-state index contributed by atoms with van der Waals surface area (Å²) < 4.78 is 0. The molecule has 1 aromatic carbocycles. The zero-order valence-corrected chi connectivity index (χ0v) is 11.9. The number of hydrogen-bond donors (Lipinski definition) is 3. The second-order valence-corrected chi connectivity index (χ2v) is 5.32. The molecule has 1 aromatic rings. The van der Waals surface area contributed by atoms with Crippen LogP contribution in [0.3, 0.4) is 0 Å². The van der Waals surface area contributed by atoms with Gasteiger partial charge in [0.05, 0.1) is 5.69 Å². The number of benzene rings is 1. The van der Waals surface area contributed by atoms with Gasteiger partial charge in [-0.3, -0.25) is 4.90 Å². The average molecular weight is 263 g/mol. The highest BCUT2D eigenvalue weighted by atomic mass is 16.3. The van der Waals surface area contributed by atoms with Gasteiger partial charge in [0.15, 0.2) is 0 Å². The fourth-order valence-electron chi connectivity index (χ4n) is 2.92. The quantitative estimate of drug-likeness (QED) is 0.574. The molecule has 1 heterocycles. The lowest BCUT2D eigenvalue weighted by molar-refractivity contribution is 0.161. The topological polar surface area (TPSA) is 61.5 Å². The zero-order chi connectivity index (χ0) is 13.8. The Morgan fingerprint density at radius 3 is 2.68 bits per heavy atom. The summed E-state index contributed by atoms with van der Waals surface area (Å²) in [5.41, 5.74) is 8.50. The molecule has 0 bridgehead atoms. The maximum Gasteiger partial charge on any atom is 0.143 e. The van der Waals surface area contributed by atoms with Crippen LogP contribution >= 0.6 is 0 Å². The Kier molecular flexibility index (Phi) is 4.66. The number of nitrogens with one attached hydrogen (secondary N) is 1. The number of aromatic hydroxyl groups is 1. The Bertz CT molecular complexity index is 428. The van der Waals surface area contributed by atoms with Crippen LogP contribution in [0.4, 0.5) is 5.69 Å². The summed E-state index contributed by atoms with van der Waals surface area (Å²) in [7, 11) is 0. The summed E-state index contributed by atoms with van der Waals surface area (Å²) in [5, 5.41) is 13.7. The Balaban J connectivity index is 2.35. The fraction of sp³-hybridized carbons (Fsp3) is 0.600. The van der Waals surface area contributed by atoms with E-state index in [1.165, 1.54) is 0 Å². The van der Waals surface area contributed by atoms with Gasteiger partial charge in [0.1, 0.15) is 5.75 Å². The molecule has 1 atom stereocenters. The van der Waals surface area contributed by atoms with Crippen molar-refractivity contribution in [1.82, 2.24) is 10.2 Å². The lowest BCUT2D eigenvalue weighted by atomic mass is 9.94. The number of phenolic OH excluding ortho intramolecular Hbond substituents is 1. The number of anilines is 1. The number of phenols is 1. The van der Waals surface area contributed by atoms with Gasteiger partial charge in [0, 0.05) is 37.8 Å². The van der Waals surface area contributed by atoms with E-state index in [4.69, 9.17) is 5.73 Å². The van der Waals surface area contributed by atoms with Gasteiger partial charge in [-0.15, -0.1) is 0 Å². The third-order valence-corrected chi connectivity index (χ3v) is 3.95. The van der Waals surface area contributed by atoms with Crippen LogP contribution < -0.4 is 11.1 Å². The van der Waals surface area contributed by atoms with E-state index in [0.29, 0.717) is 5.69 Å². The minimum Gasteiger partial charge on any atom is -0.505 e. The molecule has 1 saturated heterocycles. The molecule has 4 nitrogen and oxygen atoms in total. The molecular formula is C15H25N3O. The molecule has 1 aliphatic heterocycles. The third-order valence-electron chi connectivity index (χ3n) is 3.95. The van der Waals surface area contributed by atoms with Crippen LogP contribution in [0.2, 0.25) is 0 Å². The SMILES string of the molecule is CCC[C@@H](c1c(C)ccc(N)c1O)N1CCNCC1. The van der Waals surface area contributed by atoms with Crippen molar-refractivity contribution in [2.24, 2.45) is 0 Å². The van der Waals surface area contributed by atoms with Crippen molar-refractivity contribution in [2.75, 3.05) is 31.9 Å². The standard InChI is InChI=1S/C15H25N3O/c1-3-4-13(18-9-7-17-8-10-18)14-11(2)5-6-12(16)15(14)19/h5-6,13,17,19H,3-4,7-10,16H2,1-2H3/t13-/m0/s1. The lowest BCUT2D eigenvalue weighted by Crippen LogP contribution is -2.45. The molecule has 0 unspecified atom stereocenters. The first-order valence-corrected chi connectivity index (χ1v) is 7.17. The predicted molar refractivity (Wildman–Crippen MR) is 79.3 cm³/mol. The maximum absolute atomic E-state index is 10.3. The van der Waals surface area contributed by atoms with Crippen molar-refractivity contribution < 1.29 is 5.11 Å². The molecular weight excluding hydrogens is 238 g/mol. The van der Waals surface area contributed by atoms with E-state index in [-0.39, 0.29) is 11.8 Å². The van der Waals surface area contributed by atoms with Crippen LogP contribution in [0, 0.1) is 6.92 Å². The van der Waals surface area contributed by atoms with E-state index in [1.54, 1.807) is 6.07 Å². The summed E-state index contributed by atoms with van der Waals surface area (Å²) in [5.74, 6) is 0.275. The predicted octanol–water partition coefficient (Wildman–Crippen LogP) is 2.03. The Morgan fingerprint density at radius 2 is 2.05 bits per heavy atom. The fourth-order valence-corrected chi connectivity index (χ4v) is 2.92. The second kappa shape index (κ2) is 6.26. The van der Waals surface area contributed by atoms with Crippen LogP contribution in [0.5, 0.6) is 5.75 Å². The number of rotatable bonds is 4. The number of nitrogens with two attached hydrogens (primary N) is 1. The third kappa shape index (κ3) is 3.01. The number of hydrogen-bond acceptors (Lipinski definition) is 4. The maximum atomic E-state index is 10.3. The van der Waals surface area contributed by atoms with Crippen LogP contribution in [-0.4, -0.2) is 36.2 Å². The number of aryl methyl sites for hydroxylation is 1. The molecule has 2 rings (SSSR count). The van der Waals surface area contributed by atoms with E-state index in [1.807, 2.05) is 6.07 Å². The van der Waals surface area contributed by atoms with Crippen molar-refractivity contribution in [3.8, 4) is 5.75 Å². The first kappa shape index (κ1) is 14.2. The highest BCUT2D eigenvalue weighted by Gasteiger charge is 2.25. The van der Waals surface area contributed by atoms with Crippen LogP contribution in [0.1, 0.15) is 36.9 Å². The average Bonchev–Trinajstić information content (AvgIpc) is 2.43. The molecule has 0 saturated carbocycles. The van der Waals surface area contributed by atoms with Gasteiger partial charge in [0.2, 0.25) is 0 Å². The number of piperazine rings is 1. The summed E-state index contributed by atoms with van der Waals surface area (Å²) in [6, 6.07) is 4.07. The summed E-state index contributed by atoms with van der Waals surface area (Å²) in [4.78, 5) is 2.46. The van der Waals surface area contributed by atoms with Crippen LogP contribution in [-0.2, 0) is 0 Å². The molecule has 0 amide bonds. The summed E-state index contributed by atoms with van der Waals surface area (Å²) in [6.07, 6.45) is 2.15. The van der Waals surface area contributed by atoms with E-state index >= 15 is 0 Å². The Labute approximate surface area is 115 Å². The molecule has 19 heavy (non-hydrogen) atoms. The first-order chi connectivity index (χ1) is 9.15. The van der Waals surface area contributed by atoms with Crippen LogP contribution in [0.25, 0.3) is 0 Å². The van der Waals surface area contributed by atoms with Crippen molar-refractivity contribution in [3.05, 3.63) is 23.3 Å². The van der Waals surface area contributed by atoms with Gasteiger partial charge in [0.25, 0.3) is 0 Å². The first-order valence-electron chi connectivity index (χ1n) is 7.17. The van der Waals surface area contributed by atoms with Gasteiger partial charge in [-0.1, -0.05) is 19.4 Å². The van der Waals surface area contributed by atoms with E-state index < -0.39 is 0 Å². The van der Waals surface area contributed by atoms with Crippen molar-refractivity contribution >= 4 is 5.69 Å². The summed E-state index contributed by atoms with van der Waals surface area (Å²) >= 11 is 0. The van der Waals surface area contributed by atoms with Gasteiger partial charge in [-0.05, 0) is 25.0 Å². The molecule has 4 heteroatoms. The number of nitrogen functional groups attached to an aromatic ring is 1. The van der Waals surface area contributed by atoms with E-state index in [9.17, 15) is 5.11 Å². The highest BCUT2D eigenvalue weighted by molar-refractivity contribution is 5.59. The van der Waals surface area contributed by atoms with Gasteiger partial charge in [-0.2, -0.15) is 0 Å². The van der Waals surface area contributed by atoms with Crippen molar-refractivity contribution in [3.63, 3.8) is 0 Å². The summed E-state index contributed by atoms with van der Waals surface area (Å²) in [6.45, 7) is 8.33. The molecule has 1 aliphatic rings. The van der Waals surface area contributed by atoms with Crippen molar-refractivity contribution in [2.45, 2.75) is 32.7 Å². The normalized spacial score (nSPS) is 18.4. The number of nitrogens with zero attached hydrogens (tertiary/aromatic N) is 1. The van der Waals surface area contributed by atoms with Gasteiger partial charge < -0.3 is 16.2 Å². The minimum atomic E-state index is 0.274. The van der Waals surface area contributed by atoms with Gasteiger partial charge in [-0.25, -0.2) is 0 Å². The smallest absolute Gasteiger partial charge is 0.143 e.